The highest BCUT2D eigenvalue weighted by atomic mass is 32.2. The number of amides is 1. The number of rotatable bonds is 8. The number of nitrogens with one attached hydrogen (secondary N) is 2. The van der Waals surface area contributed by atoms with Crippen molar-refractivity contribution in [3.63, 3.8) is 0 Å². The van der Waals surface area contributed by atoms with Crippen molar-refractivity contribution in [2.24, 2.45) is 0 Å². The summed E-state index contributed by atoms with van der Waals surface area (Å²) in [5.74, 6) is -0.238. The number of nitrogens with zero attached hydrogens (tertiary/aromatic N) is 1. The van der Waals surface area contributed by atoms with Crippen LogP contribution in [0, 0.1) is 0 Å². The number of hydrogen-bond donors (Lipinski definition) is 2. The van der Waals surface area contributed by atoms with Crippen LogP contribution in [-0.4, -0.2) is 59.6 Å². The molecular weight excluding hydrogens is 390 g/mol. The Morgan fingerprint density at radius 1 is 1.19 bits per heavy atom. The Balaban J connectivity index is 2.14. The molecule has 1 amide bonds. The summed E-state index contributed by atoms with van der Waals surface area (Å²) in [5.41, 5.74) is 0.365. The van der Waals surface area contributed by atoms with Gasteiger partial charge in [0.2, 0.25) is 20.0 Å². The van der Waals surface area contributed by atoms with Crippen molar-refractivity contribution in [2.45, 2.75) is 30.2 Å². The van der Waals surface area contributed by atoms with Crippen LogP contribution >= 0.6 is 0 Å². The zero-order valence-electron chi connectivity index (χ0n) is 15.2. The maximum Gasteiger partial charge on any atom is 0.254 e. The second kappa shape index (κ2) is 8.96. The highest BCUT2D eigenvalue weighted by Gasteiger charge is 2.28. The molecule has 1 aliphatic heterocycles. The van der Waals surface area contributed by atoms with Crippen molar-refractivity contribution >= 4 is 26.0 Å². The largest absolute Gasteiger partial charge is 0.334 e. The highest BCUT2D eigenvalue weighted by Crippen LogP contribution is 2.20. The van der Waals surface area contributed by atoms with E-state index < -0.39 is 20.0 Å². The van der Waals surface area contributed by atoms with E-state index in [0.717, 1.165) is 19.1 Å². The molecule has 1 saturated heterocycles. The van der Waals surface area contributed by atoms with Crippen molar-refractivity contribution in [1.82, 2.24) is 14.3 Å². The predicted molar refractivity (Wildman–Crippen MR) is 103 cm³/mol. The number of benzene rings is 1. The first-order valence-electron chi connectivity index (χ1n) is 8.60. The lowest BCUT2D eigenvalue weighted by Crippen LogP contribution is -2.49. The lowest BCUT2D eigenvalue weighted by Gasteiger charge is -2.35. The molecule has 27 heavy (non-hydrogen) atoms. The van der Waals surface area contributed by atoms with Crippen LogP contribution < -0.4 is 9.44 Å². The molecule has 1 aromatic rings. The first-order chi connectivity index (χ1) is 12.6. The van der Waals surface area contributed by atoms with E-state index in [1.54, 1.807) is 4.90 Å². The van der Waals surface area contributed by atoms with Gasteiger partial charge in [0.1, 0.15) is 0 Å². The van der Waals surface area contributed by atoms with Gasteiger partial charge >= 0.3 is 0 Å². The molecule has 1 unspecified atom stereocenters. The summed E-state index contributed by atoms with van der Waals surface area (Å²) in [4.78, 5) is 14.6. The Bertz CT molecular complexity index is 880. The van der Waals surface area contributed by atoms with E-state index in [-0.39, 0.29) is 29.9 Å². The smallest absolute Gasteiger partial charge is 0.254 e. The molecule has 2 N–H and O–H groups in total. The van der Waals surface area contributed by atoms with Gasteiger partial charge in [-0.1, -0.05) is 6.08 Å². The van der Waals surface area contributed by atoms with E-state index >= 15 is 0 Å². The second-order valence-electron chi connectivity index (χ2n) is 6.43. The van der Waals surface area contributed by atoms with Gasteiger partial charge in [0.15, 0.2) is 0 Å². The second-order valence-corrected chi connectivity index (χ2v) is 10.0. The summed E-state index contributed by atoms with van der Waals surface area (Å²) >= 11 is 0. The molecule has 0 spiro atoms. The Kier molecular flexibility index (Phi) is 7.15. The third-order valence-corrected chi connectivity index (χ3v) is 6.43. The van der Waals surface area contributed by atoms with E-state index in [2.05, 4.69) is 16.0 Å². The van der Waals surface area contributed by atoms with Gasteiger partial charge in [-0.25, -0.2) is 26.3 Å². The van der Waals surface area contributed by atoms with Crippen LogP contribution in [0.5, 0.6) is 0 Å². The number of carbonyl (C=O) groups is 1. The maximum atomic E-state index is 12.8. The van der Waals surface area contributed by atoms with Gasteiger partial charge in [0.25, 0.3) is 5.91 Å². The minimum absolute atomic E-state index is 0.0647. The molecule has 1 atom stereocenters. The average molecular weight is 416 g/mol. The molecule has 0 saturated carbocycles. The van der Waals surface area contributed by atoms with Gasteiger partial charge in [-0.05, 0) is 43.5 Å². The van der Waals surface area contributed by atoms with Crippen LogP contribution in [0.15, 0.2) is 41.8 Å². The van der Waals surface area contributed by atoms with Crippen molar-refractivity contribution in [1.29, 1.82) is 0 Å². The lowest BCUT2D eigenvalue weighted by molar-refractivity contribution is 0.0618. The molecule has 1 aliphatic rings. The minimum Gasteiger partial charge on any atom is -0.334 e. The maximum absolute atomic E-state index is 12.8. The molecule has 0 radical (unpaired) electrons. The third kappa shape index (κ3) is 6.13. The van der Waals surface area contributed by atoms with Crippen molar-refractivity contribution in [2.75, 3.05) is 25.9 Å². The number of hydrogen-bond acceptors (Lipinski definition) is 5. The summed E-state index contributed by atoms with van der Waals surface area (Å²) in [7, 11) is -6.98. The van der Waals surface area contributed by atoms with Crippen LogP contribution in [0.25, 0.3) is 0 Å². The molecule has 150 valence electrons. The molecule has 1 fully saturated rings. The SMILES string of the molecule is C=CCNS(=O)(=O)c1ccc(C(=O)N2CCCCC2CNS(C)(=O)=O)cc1. The van der Waals surface area contributed by atoms with Crippen molar-refractivity contribution in [3.8, 4) is 0 Å². The van der Waals surface area contributed by atoms with Crippen molar-refractivity contribution < 1.29 is 21.6 Å². The van der Waals surface area contributed by atoms with Gasteiger partial charge in [-0.15, -0.1) is 6.58 Å². The van der Waals surface area contributed by atoms with Crippen molar-refractivity contribution in [3.05, 3.63) is 42.5 Å². The normalized spacial score (nSPS) is 18.3. The molecule has 1 aromatic carbocycles. The first-order valence-corrected chi connectivity index (χ1v) is 12.0. The fourth-order valence-electron chi connectivity index (χ4n) is 2.92. The highest BCUT2D eigenvalue weighted by molar-refractivity contribution is 7.89. The minimum atomic E-state index is -3.65. The lowest BCUT2D eigenvalue weighted by atomic mass is 10.0. The fraction of sp³-hybridized carbons (Fsp3) is 0.471. The summed E-state index contributed by atoms with van der Waals surface area (Å²) < 4.78 is 51.7. The molecule has 0 aliphatic carbocycles. The fourth-order valence-corrected chi connectivity index (χ4v) is 4.42. The quantitative estimate of drug-likeness (QED) is 0.607. The zero-order chi connectivity index (χ0) is 20.1. The summed E-state index contributed by atoms with van der Waals surface area (Å²) in [6.45, 7) is 4.29. The van der Waals surface area contributed by atoms with E-state index in [1.165, 1.54) is 30.3 Å². The first kappa shape index (κ1) is 21.5. The predicted octanol–water partition coefficient (Wildman–Crippen LogP) is 0.695. The molecule has 2 rings (SSSR count). The van der Waals surface area contributed by atoms with Crippen LogP contribution in [0.1, 0.15) is 29.6 Å². The average Bonchev–Trinajstić information content (AvgIpc) is 2.64. The number of sulfonamides is 2. The molecule has 10 heteroatoms. The van der Waals surface area contributed by atoms with Gasteiger partial charge in [-0.2, -0.15) is 0 Å². The summed E-state index contributed by atoms with van der Waals surface area (Å²) in [6.07, 6.45) is 5.01. The monoisotopic (exact) mass is 415 g/mol. The van der Waals surface area contributed by atoms with E-state index in [4.69, 9.17) is 0 Å². The zero-order valence-corrected chi connectivity index (χ0v) is 16.9. The third-order valence-electron chi connectivity index (χ3n) is 4.30. The Hall–Kier alpha value is -1.75. The standard InChI is InChI=1S/C17H25N3O5S2/c1-3-11-18-27(24,25)16-9-7-14(8-10-16)17(21)20-12-5-4-6-15(20)13-19-26(2,22)23/h3,7-10,15,18-19H,1,4-6,11-13H2,2H3. The topological polar surface area (TPSA) is 113 Å². The van der Waals surface area contributed by atoms with E-state index in [0.29, 0.717) is 18.5 Å². The Morgan fingerprint density at radius 2 is 1.85 bits per heavy atom. The number of piperidine rings is 1. The van der Waals surface area contributed by atoms with Gasteiger partial charge in [0.05, 0.1) is 11.2 Å². The number of likely N-dealkylation sites (tertiary alicyclic amines) is 1. The Morgan fingerprint density at radius 3 is 2.44 bits per heavy atom. The van der Waals surface area contributed by atoms with Gasteiger partial charge in [0, 0.05) is 31.2 Å². The van der Waals surface area contributed by atoms with Crippen LogP contribution in [0.2, 0.25) is 0 Å². The van der Waals surface area contributed by atoms with E-state index in [9.17, 15) is 21.6 Å². The van der Waals surface area contributed by atoms with Gasteiger partial charge in [-0.3, -0.25) is 4.79 Å². The number of carbonyl (C=O) groups excluding carboxylic acids is 1. The van der Waals surface area contributed by atoms with Crippen LogP contribution in [0.3, 0.4) is 0 Å². The molecule has 8 nitrogen and oxygen atoms in total. The Labute approximate surface area is 160 Å². The van der Waals surface area contributed by atoms with Crippen LogP contribution in [0.4, 0.5) is 0 Å². The summed E-state index contributed by atoms with van der Waals surface area (Å²) in [6, 6.07) is 5.48. The molecular formula is C17H25N3O5S2. The van der Waals surface area contributed by atoms with Crippen LogP contribution in [-0.2, 0) is 20.0 Å². The molecule has 0 aromatic heterocycles. The van der Waals surface area contributed by atoms with E-state index in [1.807, 2.05) is 0 Å². The molecule has 0 bridgehead atoms. The molecule has 1 heterocycles. The van der Waals surface area contributed by atoms with Gasteiger partial charge < -0.3 is 4.90 Å². The summed E-state index contributed by atoms with van der Waals surface area (Å²) in [5, 5.41) is 0.